The van der Waals surface area contributed by atoms with Crippen LogP contribution in [0.25, 0.3) is 0 Å². The number of rotatable bonds is 8. The van der Waals surface area contributed by atoms with E-state index in [4.69, 9.17) is 4.74 Å². The summed E-state index contributed by atoms with van der Waals surface area (Å²) >= 11 is 1.84. The Labute approximate surface area is 109 Å². The van der Waals surface area contributed by atoms with Gasteiger partial charge in [0.25, 0.3) is 0 Å². The number of methoxy groups -OCH3 is 1. The normalized spacial score (nSPS) is 13.9. The van der Waals surface area contributed by atoms with Crippen molar-refractivity contribution in [2.75, 3.05) is 13.7 Å². The maximum Gasteiger partial charge on any atom is 0.0637 e. The number of hydrogen-bond donors (Lipinski definition) is 1. The molecule has 98 valence electrons. The zero-order valence-corrected chi connectivity index (χ0v) is 12.3. The lowest BCUT2D eigenvalue weighted by Gasteiger charge is -2.29. The molecule has 0 aromatic carbocycles. The predicted molar refractivity (Wildman–Crippen MR) is 75.8 cm³/mol. The molecule has 0 aliphatic carbocycles. The lowest BCUT2D eigenvalue weighted by atomic mass is 9.96. The van der Waals surface area contributed by atoms with Gasteiger partial charge in [-0.3, -0.25) is 0 Å². The second-order valence-corrected chi connectivity index (χ2v) is 6.13. The minimum atomic E-state index is -0.0529. The van der Waals surface area contributed by atoms with Crippen molar-refractivity contribution in [2.45, 2.75) is 51.7 Å². The molecule has 0 aliphatic rings. The SMILES string of the molecule is CCCNC(Cc1cccs1)CC(C)(C)OC. The Balaban J connectivity index is 2.54. The smallest absolute Gasteiger partial charge is 0.0637 e. The Kier molecular flexibility index (Phi) is 6.17. The molecule has 1 heterocycles. The molecule has 1 N–H and O–H groups in total. The van der Waals surface area contributed by atoms with E-state index in [0.29, 0.717) is 6.04 Å². The van der Waals surface area contributed by atoms with Crippen molar-refractivity contribution in [3.05, 3.63) is 22.4 Å². The highest BCUT2D eigenvalue weighted by atomic mass is 32.1. The van der Waals surface area contributed by atoms with E-state index in [9.17, 15) is 0 Å². The molecule has 0 fully saturated rings. The zero-order valence-electron chi connectivity index (χ0n) is 11.5. The monoisotopic (exact) mass is 255 g/mol. The van der Waals surface area contributed by atoms with Crippen LogP contribution in [0, 0.1) is 0 Å². The van der Waals surface area contributed by atoms with Gasteiger partial charge in [-0.1, -0.05) is 13.0 Å². The summed E-state index contributed by atoms with van der Waals surface area (Å²) in [4.78, 5) is 1.45. The van der Waals surface area contributed by atoms with Crippen LogP contribution in [0.4, 0.5) is 0 Å². The third kappa shape index (κ3) is 5.66. The van der Waals surface area contributed by atoms with Gasteiger partial charge < -0.3 is 10.1 Å². The van der Waals surface area contributed by atoms with Gasteiger partial charge in [0.05, 0.1) is 5.60 Å². The van der Waals surface area contributed by atoms with Crippen molar-refractivity contribution in [3.8, 4) is 0 Å². The van der Waals surface area contributed by atoms with Crippen molar-refractivity contribution in [1.82, 2.24) is 5.32 Å². The molecule has 17 heavy (non-hydrogen) atoms. The first kappa shape index (κ1) is 14.7. The number of thiophene rings is 1. The van der Waals surface area contributed by atoms with Gasteiger partial charge in [-0.2, -0.15) is 0 Å². The van der Waals surface area contributed by atoms with E-state index in [2.05, 4.69) is 43.6 Å². The third-order valence-electron chi connectivity index (χ3n) is 3.00. The van der Waals surface area contributed by atoms with Crippen LogP contribution >= 0.6 is 11.3 Å². The summed E-state index contributed by atoms with van der Waals surface area (Å²) in [7, 11) is 1.79. The molecular weight excluding hydrogens is 230 g/mol. The fraction of sp³-hybridized carbons (Fsp3) is 0.714. The fourth-order valence-electron chi connectivity index (χ4n) is 1.91. The van der Waals surface area contributed by atoms with Crippen LogP contribution in [-0.4, -0.2) is 25.3 Å². The molecule has 2 nitrogen and oxygen atoms in total. The fourth-order valence-corrected chi connectivity index (χ4v) is 2.70. The molecule has 3 heteroatoms. The topological polar surface area (TPSA) is 21.3 Å². The molecule has 0 radical (unpaired) electrons. The summed E-state index contributed by atoms with van der Waals surface area (Å²) in [6.45, 7) is 7.59. The summed E-state index contributed by atoms with van der Waals surface area (Å²) in [6.07, 6.45) is 3.32. The largest absolute Gasteiger partial charge is 0.379 e. The number of hydrogen-bond acceptors (Lipinski definition) is 3. The van der Waals surface area contributed by atoms with E-state index in [0.717, 1.165) is 19.4 Å². The Hall–Kier alpha value is -0.380. The minimum absolute atomic E-state index is 0.0529. The maximum atomic E-state index is 5.53. The summed E-state index contributed by atoms with van der Waals surface area (Å²) in [5, 5.41) is 5.77. The van der Waals surface area contributed by atoms with E-state index in [1.807, 2.05) is 11.3 Å². The molecule has 0 saturated carbocycles. The molecule has 0 amide bonds. The number of ether oxygens (including phenoxy) is 1. The van der Waals surface area contributed by atoms with Crippen LogP contribution in [-0.2, 0) is 11.2 Å². The van der Waals surface area contributed by atoms with Gasteiger partial charge in [-0.05, 0) is 51.1 Å². The van der Waals surface area contributed by atoms with E-state index >= 15 is 0 Å². The summed E-state index contributed by atoms with van der Waals surface area (Å²) in [6, 6.07) is 4.84. The highest BCUT2D eigenvalue weighted by Gasteiger charge is 2.22. The van der Waals surface area contributed by atoms with Crippen LogP contribution < -0.4 is 5.32 Å². The second-order valence-electron chi connectivity index (χ2n) is 5.10. The van der Waals surface area contributed by atoms with Crippen LogP contribution in [0.1, 0.15) is 38.5 Å². The molecule has 1 unspecified atom stereocenters. The van der Waals surface area contributed by atoms with Crippen molar-refractivity contribution in [1.29, 1.82) is 0 Å². The van der Waals surface area contributed by atoms with E-state index in [1.54, 1.807) is 7.11 Å². The van der Waals surface area contributed by atoms with Gasteiger partial charge in [-0.15, -0.1) is 11.3 Å². The molecular formula is C14H25NOS. The lowest BCUT2D eigenvalue weighted by molar-refractivity contribution is 0.00720. The van der Waals surface area contributed by atoms with Gasteiger partial charge in [0, 0.05) is 18.0 Å². The summed E-state index contributed by atoms with van der Waals surface area (Å²) < 4.78 is 5.53. The van der Waals surface area contributed by atoms with Gasteiger partial charge in [-0.25, -0.2) is 0 Å². The maximum absolute atomic E-state index is 5.53. The number of nitrogens with one attached hydrogen (secondary N) is 1. The summed E-state index contributed by atoms with van der Waals surface area (Å²) in [5.41, 5.74) is -0.0529. The van der Waals surface area contributed by atoms with E-state index < -0.39 is 0 Å². The molecule has 1 rings (SSSR count). The molecule has 1 atom stereocenters. The van der Waals surface area contributed by atoms with Crippen molar-refractivity contribution >= 4 is 11.3 Å². The first-order valence-corrected chi connectivity index (χ1v) is 7.26. The summed E-state index contributed by atoms with van der Waals surface area (Å²) in [5.74, 6) is 0. The van der Waals surface area contributed by atoms with Crippen molar-refractivity contribution in [3.63, 3.8) is 0 Å². The van der Waals surface area contributed by atoms with Gasteiger partial charge in [0.15, 0.2) is 0 Å². The molecule has 0 spiro atoms. The Bertz CT molecular complexity index is 295. The molecule has 1 aromatic heterocycles. The van der Waals surface area contributed by atoms with E-state index in [1.165, 1.54) is 11.3 Å². The average molecular weight is 255 g/mol. The highest BCUT2D eigenvalue weighted by Crippen LogP contribution is 2.20. The molecule has 1 aromatic rings. The van der Waals surface area contributed by atoms with Crippen molar-refractivity contribution < 1.29 is 4.74 Å². The second kappa shape index (κ2) is 7.14. The standard InChI is InChI=1S/C14H25NOS/c1-5-8-15-12(11-14(2,3)16-4)10-13-7-6-9-17-13/h6-7,9,12,15H,5,8,10-11H2,1-4H3. The average Bonchev–Trinajstić information content (AvgIpc) is 2.78. The molecule has 0 bridgehead atoms. The highest BCUT2D eigenvalue weighted by molar-refractivity contribution is 7.09. The predicted octanol–water partition coefficient (Wildman–Crippen LogP) is 3.47. The Morgan fingerprint density at radius 2 is 2.24 bits per heavy atom. The van der Waals surface area contributed by atoms with Crippen LogP contribution in [0.2, 0.25) is 0 Å². The zero-order chi connectivity index (χ0) is 12.7. The first-order chi connectivity index (χ1) is 8.07. The lowest BCUT2D eigenvalue weighted by Crippen LogP contribution is -2.39. The molecule has 0 saturated heterocycles. The van der Waals surface area contributed by atoms with Crippen LogP contribution in [0.5, 0.6) is 0 Å². The van der Waals surface area contributed by atoms with Crippen molar-refractivity contribution in [2.24, 2.45) is 0 Å². The third-order valence-corrected chi connectivity index (χ3v) is 3.90. The Morgan fingerprint density at radius 1 is 1.47 bits per heavy atom. The Morgan fingerprint density at radius 3 is 2.76 bits per heavy atom. The van der Waals surface area contributed by atoms with Crippen LogP contribution in [0.15, 0.2) is 17.5 Å². The van der Waals surface area contributed by atoms with Crippen LogP contribution in [0.3, 0.4) is 0 Å². The van der Waals surface area contributed by atoms with Gasteiger partial charge >= 0.3 is 0 Å². The van der Waals surface area contributed by atoms with Gasteiger partial charge in [0.1, 0.15) is 0 Å². The van der Waals surface area contributed by atoms with Gasteiger partial charge in [0.2, 0.25) is 0 Å². The van der Waals surface area contributed by atoms with E-state index in [-0.39, 0.29) is 5.60 Å². The minimum Gasteiger partial charge on any atom is -0.379 e. The quantitative estimate of drug-likeness (QED) is 0.768. The molecule has 0 aliphatic heterocycles. The first-order valence-electron chi connectivity index (χ1n) is 6.38.